The molecule has 166 valence electrons. The van der Waals surface area contributed by atoms with Crippen molar-refractivity contribution in [2.45, 2.75) is 44.1 Å². The SMILES string of the molecule is C[C@]1([C@H]2CCCC[C@H]2NC(=O)c2ccccn2)C(=O)C(c2ccccc2)=Cc2ccccc21. The van der Waals surface area contributed by atoms with Crippen LogP contribution in [0.3, 0.4) is 0 Å². The van der Waals surface area contributed by atoms with Crippen LogP contribution in [0.4, 0.5) is 0 Å². The van der Waals surface area contributed by atoms with Gasteiger partial charge in [0.25, 0.3) is 5.91 Å². The summed E-state index contributed by atoms with van der Waals surface area (Å²) in [6.07, 6.45) is 7.50. The molecule has 33 heavy (non-hydrogen) atoms. The minimum atomic E-state index is -0.723. The first-order chi connectivity index (χ1) is 16.1. The lowest BCUT2D eigenvalue weighted by Gasteiger charge is -2.46. The lowest BCUT2D eigenvalue weighted by Crippen LogP contribution is -2.54. The Morgan fingerprint density at radius 3 is 2.45 bits per heavy atom. The highest BCUT2D eigenvalue weighted by Gasteiger charge is 2.50. The minimum absolute atomic E-state index is 0.0000236. The average Bonchev–Trinajstić information content (AvgIpc) is 2.87. The Bertz CT molecular complexity index is 1200. The Balaban J connectivity index is 1.56. The van der Waals surface area contributed by atoms with Gasteiger partial charge in [-0.25, -0.2) is 0 Å². The van der Waals surface area contributed by atoms with Gasteiger partial charge in [-0.2, -0.15) is 0 Å². The van der Waals surface area contributed by atoms with Gasteiger partial charge in [0, 0.05) is 17.8 Å². The molecule has 2 aromatic carbocycles. The Morgan fingerprint density at radius 1 is 0.939 bits per heavy atom. The number of benzene rings is 2. The summed E-state index contributed by atoms with van der Waals surface area (Å²) in [6, 6.07) is 23.4. The highest BCUT2D eigenvalue weighted by molar-refractivity contribution is 6.31. The molecule has 1 heterocycles. The summed E-state index contributed by atoms with van der Waals surface area (Å²) >= 11 is 0. The molecule has 1 aromatic heterocycles. The van der Waals surface area contributed by atoms with Crippen LogP contribution in [-0.2, 0) is 10.2 Å². The van der Waals surface area contributed by atoms with Crippen LogP contribution in [0, 0.1) is 5.92 Å². The number of hydrogen-bond donors (Lipinski definition) is 1. The summed E-state index contributed by atoms with van der Waals surface area (Å²) in [4.78, 5) is 31.4. The molecule has 1 fully saturated rings. The van der Waals surface area contributed by atoms with Crippen LogP contribution in [0.1, 0.15) is 59.8 Å². The second kappa shape index (κ2) is 8.78. The van der Waals surface area contributed by atoms with Gasteiger partial charge in [-0.05, 0) is 60.6 Å². The molecule has 2 aliphatic carbocycles. The molecule has 2 aliphatic rings. The van der Waals surface area contributed by atoms with Gasteiger partial charge in [0.05, 0.1) is 5.41 Å². The molecule has 0 spiro atoms. The molecular weight excluding hydrogens is 408 g/mol. The van der Waals surface area contributed by atoms with E-state index in [1.165, 1.54) is 0 Å². The number of ketones is 1. The maximum absolute atomic E-state index is 14.2. The molecule has 1 N–H and O–H groups in total. The van der Waals surface area contributed by atoms with E-state index in [2.05, 4.69) is 29.4 Å². The van der Waals surface area contributed by atoms with Gasteiger partial charge in [0.2, 0.25) is 0 Å². The molecule has 1 saturated carbocycles. The smallest absolute Gasteiger partial charge is 0.270 e. The largest absolute Gasteiger partial charge is 0.348 e. The van der Waals surface area contributed by atoms with Crippen molar-refractivity contribution in [1.29, 1.82) is 0 Å². The molecule has 0 unspecified atom stereocenters. The van der Waals surface area contributed by atoms with E-state index in [-0.39, 0.29) is 23.7 Å². The zero-order valence-corrected chi connectivity index (χ0v) is 18.8. The zero-order valence-electron chi connectivity index (χ0n) is 18.8. The molecule has 3 atom stereocenters. The fraction of sp³-hybridized carbons (Fsp3) is 0.276. The molecule has 0 bridgehead atoms. The molecule has 0 aliphatic heterocycles. The van der Waals surface area contributed by atoms with Crippen molar-refractivity contribution >= 4 is 23.3 Å². The summed E-state index contributed by atoms with van der Waals surface area (Å²) in [5.41, 5.74) is 3.51. The number of nitrogens with one attached hydrogen (secondary N) is 1. The molecule has 4 nitrogen and oxygen atoms in total. The Labute approximate surface area is 194 Å². The van der Waals surface area contributed by atoms with Gasteiger partial charge in [0.15, 0.2) is 5.78 Å². The van der Waals surface area contributed by atoms with E-state index in [1.807, 2.05) is 54.6 Å². The molecule has 0 saturated heterocycles. The predicted octanol–water partition coefficient (Wildman–Crippen LogP) is 5.45. The number of aromatic nitrogens is 1. The third-order valence-corrected chi connectivity index (χ3v) is 7.34. The fourth-order valence-electron chi connectivity index (χ4n) is 5.65. The summed E-state index contributed by atoms with van der Waals surface area (Å²) in [5, 5.41) is 3.24. The van der Waals surface area contributed by atoms with Crippen molar-refractivity contribution in [3.05, 3.63) is 101 Å². The second-order valence-electron chi connectivity index (χ2n) is 9.23. The highest BCUT2D eigenvalue weighted by atomic mass is 16.2. The lowest BCUT2D eigenvalue weighted by molar-refractivity contribution is -0.121. The number of amides is 1. The van der Waals surface area contributed by atoms with E-state index in [1.54, 1.807) is 18.3 Å². The van der Waals surface area contributed by atoms with Crippen molar-refractivity contribution in [2.75, 3.05) is 0 Å². The summed E-state index contributed by atoms with van der Waals surface area (Å²) in [6.45, 7) is 2.08. The van der Waals surface area contributed by atoms with Gasteiger partial charge in [0.1, 0.15) is 5.69 Å². The maximum Gasteiger partial charge on any atom is 0.270 e. The molecular formula is C29H28N2O2. The number of fused-ring (bicyclic) bond motifs is 1. The summed E-state index contributed by atoms with van der Waals surface area (Å²) < 4.78 is 0. The van der Waals surface area contributed by atoms with Gasteiger partial charge in [-0.3, -0.25) is 14.6 Å². The van der Waals surface area contributed by atoms with Crippen molar-refractivity contribution in [1.82, 2.24) is 10.3 Å². The van der Waals surface area contributed by atoms with E-state index in [0.29, 0.717) is 5.69 Å². The Hall–Kier alpha value is -3.53. The van der Waals surface area contributed by atoms with E-state index in [9.17, 15) is 9.59 Å². The van der Waals surface area contributed by atoms with Crippen LogP contribution in [0.15, 0.2) is 79.0 Å². The molecule has 4 heteroatoms. The fourth-order valence-corrected chi connectivity index (χ4v) is 5.65. The molecule has 1 amide bonds. The van der Waals surface area contributed by atoms with Gasteiger partial charge in [-0.15, -0.1) is 0 Å². The quantitative estimate of drug-likeness (QED) is 0.591. The normalized spacial score (nSPS) is 24.5. The number of allylic oxidation sites excluding steroid dienone is 1. The van der Waals surface area contributed by atoms with E-state index >= 15 is 0 Å². The van der Waals surface area contributed by atoms with Gasteiger partial charge in [-0.1, -0.05) is 73.5 Å². The van der Waals surface area contributed by atoms with E-state index in [0.717, 1.165) is 47.9 Å². The number of Topliss-reactive ketones (excluding diaryl/α,β-unsaturated/α-hetero) is 1. The second-order valence-corrected chi connectivity index (χ2v) is 9.23. The number of carbonyl (C=O) groups excluding carboxylic acids is 2. The predicted molar refractivity (Wildman–Crippen MR) is 131 cm³/mol. The Morgan fingerprint density at radius 2 is 1.67 bits per heavy atom. The van der Waals surface area contributed by atoms with Crippen molar-refractivity contribution in [2.24, 2.45) is 5.92 Å². The lowest BCUT2D eigenvalue weighted by atomic mass is 9.58. The molecule has 3 aromatic rings. The first-order valence-corrected chi connectivity index (χ1v) is 11.7. The molecule has 0 radical (unpaired) electrons. The highest BCUT2D eigenvalue weighted by Crippen LogP contribution is 2.48. The van der Waals surface area contributed by atoms with E-state index in [4.69, 9.17) is 0 Å². The number of nitrogens with zero attached hydrogens (tertiary/aromatic N) is 1. The zero-order chi connectivity index (χ0) is 22.8. The van der Waals surface area contributed by atoms with Gasteiger partial charge < -0.3 is 5.32 Å². The average molecular weight is 437 g/mol. The van der Waals surface area contributed by atoms with Crippen LogP contribution in [0.25, 0.3) is 11.6 Å². The number of pyridine rings is 1. The monoisotopic (exact) mass is 436 g/mol. The number of carbonyl (C=O) groups is 2. The third-order valence-electron chi connectivity index (χ3n) is 7.34. The summed E-state index contributed by atoms with van der Waals surface area (Å²) in [5.74, 6) is -0.0390. The van der Waals surface area contributed by atoms with Crippen molar-refractivity contribution < 1.29 is 9.59 Å². The standard InChI is InChI=1S/C29H28N2O2/c1-29(24-15-7-8-16-25(24)31-28(33)26-17-9-10-18-30-26)23-14-6-5-13-21(23)19-22(27(29)32)20-11-3-2-4-12-20/h2-6,9-14,17-19,24-25H,7-8,15-16H2,1H3,(H,31,33)/t24-,25+,29-/m0/s1. The van der Waals surface area contributed by atoms with Crippen LogP contribution >= 0.6 is 0 Å². The minimum Gasteiger partial charge on any atom is -0.348 e. The van der Waals surface area contributed by atoms with E-state index < -0.39 is 5.41 Å². The van der Waals surface area contributed by atoms with Crippen LogP contribution in [0.5, 0.6) is 0 Å². The van der Waals surface area contributed by atoms with Crippen LogP contribution in [0.2, 0.25) is 0 Å². The van der Waals surface area contributed by atoms with Crippen molar-refractivity contribution in [3.8, 4) is 0 Å². The number of rotatable bonds is 4. The summed E-state index contributed by atoms with van der Waals surface area (Å²) in [7, 11) is 0. The first kappa shape index (κ1) is 21.3. The van der Waals surface area contributed by atoms with Crippen LogP contribution in [-0.4, -0.2) is 22.7 Å². The first-order valence-electron chi connectivity index (χ1n) is 11.7. The third kappa shape index (κ3) is 3.80. The molecule has 5 rings (SSSR count). The Kier molecular flexibility index (Phi) is 5.67. The van der Waals surface area contributed by atoms with Crippen molar-refractivity contribution in [3.63, 3.8) is 0 Å². The van der Waals surface area contributed by atoms with Gasteiger partial charge >= 0.3 is 0 Å². The maximum atomic E-state index is 14.2. The topological polar surface area (TPSA) is 59.1 Å². The number of hydrogen-bond acceptors (Lipinski definition) is 3. The van der Waals surface area contributed by atoms with Crippen LogP contribution < -0.4 is 5.32 Å².